The Labute approximate surface area is 266 Å². The van der Waals surface area contributed by atoms with Gasteiger partial charge in [-0.2, -0.15) is 0 Å². The van der Waals surface area contributed by atoms with Crippen LogP contribution in [0.15, 0.2) is 54.6 Å². The third kappa shape index (κ3) is 9.12. The molecule has 0 radical (unpaired) electrons. The number of unbranched alkanes of at least 4 members (excludes halogenated alkanes) is 2. The van der Waals surface area contributed by atoms with E-state index in [9.17, 15) is 19.2 Å². The molecule has 0 aliphatic carbocycles. The van der Waals surface area contributed by atoms with Crippen LogP contribution in [0, 0.1) is 0 Å². The van der Waals surface area contributed by atoms with E-state index < -0.39 is 17.7 Å². The molecule has 2 fully saturated rings. The van der Waals surface area contributed by atoms with Crippen LogP contribution in [0.2, 0.25) is 0 Å². The van der Waals surface area contributed by atoms with Crippen molar-refractivity contribution in [2.24, 2.45) is 0 Å². The number of hydrogen-bond acceptors (Lipinski definition) is 6. The van der Waals surface area contributed by atoms with Crippen LogP contribution < -0.4 is 20.7 Å². The molecule has 2 saturated heterocycles. The molecule has 2 aromatic carbocycles. The van der Waals surface area contributed by atoms with Gasteiger partial charge in [0.15, 0.2) is 0 Å². The highest BCUT2D eigenvalue weighted by atomic mass is 16.5. The molecule has 11 heteroatoms. The number of carbonyl (C=O) groups excluding carboxylic acids is 4. The monoisotopic (exact) mass is 621 g/mol. The number of rotatable bonds is 14. The summed E-state index contributed by atoms with van der Waals surface area (Å²) in [4.78, 5) is 55.6. The molecule has 5 amide bonds. The molecule has 3 N–H and O–H groups in total. The number of likely N-dealkylation sites (tertiary alicyclic amines) is 1. The van der Waals surface area contributed by atoms with Gasteiger partial charge in [-0.3, -0.25) is 9.59 Å². The fourth-order valence-electron chi connectivity index (χ4n) is 5.81. The molecule has 0 unspecified atom stereocenters. The Morgan fingerprint density at radius 1 is 0.956 bits per heavy atom. The number of ether oxygens (including phenoxy) is 2. The molecule has 0 aromatic heterocycles. The van der Waals surface area contributed by atoms with Crippen LogP contribution >= 0.6 is 0 Å². The Kier molecular flexibility index (Phi) is 12.5. The molecule has 2 aromatic rings. The van der Waals surface area contributed by atoms with Crippen LogP contribution in [0.25, 0.3) is 0 Å². The van der Waals surface area contributed by atoms with E-state index in [2.05, 4.69) is 22.9 Å². The Bertz CT molecular complexity index is 1260. The Hall–Kier alpha value is -4.28. The molecular weight excluding hydrogens is 574 g/mol. The zero-order valence-corrected chi connectivity index (χ0v) is 26.5. The number of carbonyl (C=O) groups is 4. The SMILES string of the molecule is CCCCOc1ccc(NC(=O)N2CCC3(CC2)C(=O)N[C@@H](CCCCNC(=O)OCc2ccccc2)C(=O)N3CCC)cc1. The molecule has 2 heterocycles. The summed E-state index contributed by atoms with van der Waals surface area (Å²) >= 11 is 0. The molecule has 2 aliphatic rings. The molecule has 2 aliphatic heterocycles. The van der Waals surface area contributed by atoms with Gasteiger partial charge in [-0.25, -0.2) is 9.59 Å². The molecule has 1 spiro atoms. The number of amides is 5. The van der Waals surface area contributed by atoms with Gasteiger partial charge in [0.1, 0.15) is 23.9 Å². The van der Waals surface area contributed by atoms with Gasteiger partial charge < -0.3 is 35.2 Å². The summed E-state index contributed by atoms with van der Waals surface area (Å²) in [6.45, 7) is 6.60. The minimum atomic E-state index is -0.956. The van der Waals surface area contributed by atoms with Gasteiger partial charge >= 0.3 is 12.1 Å². The quantitative estimate of drug-likeness (QED) is 0.253. The van der Waals surface area contributed by atoms with Crippen molar-refractivity contribution in [2.45, 2.75) is 83.4 Å². The first-order chi connectivity index (χ1) is 21.9. The van der Waals surface area contributed by atoms with Crippen molar-refractivity contribution < 1.29 is 28.7 Å². The van der Waals surface area contributed by atoms with Gasteiger partial charge in [0, 0.05) is 31.9 Å². The average Bonchev–Trinajstić information content (AvgIpc) is 3.06. The van der Waals surface area contributed by atoms with E-state index in [1.807, 2.05) is 61.5 Å². The second-order valence-corrected chi connectivity index (χ2v) is 11.7. The fraction of sp³-hybridized carbons (Fsp3) is 0.529. The normalized spacial score (nSPS) is 17.5. The topological polar surface area (TPSA) is 129 Å². The summed E-state index contributed by atoms with van der Waals surface area (Å²) in [6, 6.07) is 15.9. The third-order valence-corrected chi connectivity index (χ3v) is 8.41. The van der Waals surface area contributed by atoms with E-state index in [4.69, 9.17) is 9.47 Å². The molecule has 4 rings (SSSR count). The van der Waals surface area contributed by atoms with Crippen molar-refractivity contribution in [1.29, 1.82) is 0 Å². The Morgan fingerprint density at radius 3 is 2.38 bits per heavy atom. The molecule has 11 nitrogen and oxygen atoms in total. The highest BCUT2D eigenvalue weighted by Gasteiger charge is 2.53. The first kappa shape index (κ1) is 33.6. The lowest BCUT2D eigenvalue weighted by molar-refractivity contribution is -0.160. The third-order valence-electron chi connectivity index (χ3n) is 8.41. The van der Waals surface area contributed by atoms with Crippen molar-refractivity contribution in [2.75, 3.05) is 38.1 Å². The predicted molar refractivity (Wildman–Crippen MR) is 172 cm³/mol. The first-order valence-electron chi connectivity index (χ1n) is 16.2. The van der Waals surface area contributed by atoms with Crippen molar-refractivity contribution in [3.05, 3.63) is 60.2 Å². The van der Waals surface area contributed by atoms with E-state index in [0.717, 1.165) is 30.6 Å². The standard InChI is InChI=1S/C34H47N5O6/c1-3-5-24-44-28-16-14-27(15-17-28)36-32(42)38-22-18-34(19-23-38)31(41)37-29(30(40)39(34)21-4-2)13-9-10-20-35-33(43)45-25-26-11-7-6-8-12-26/h6-8,11-12,14-17,29H,3-5,9-10,13,18-25H2,1-2H3,(H,35,43)(H,36,42)(H,37,41)/t29-/m0/s1. The summed E-state index contributed by atoms with van der Waals surface area (Å²) in [5.41, 5.74) is 0.627. The zero-order valence-electron chi connectivity index (χ0n) is 26.5. The summed E-state index contributed by atoms with van der Waals surface area (Å²) in [6.07, 6.45) is 4.84. The lowest BCUT2D eigenvalue weighted by Crippen LogP contribution is -2.73. The highest BCUT2D eigenvalue weighted by molar-refractivity contribution is 6.00. The van der Waals surface area contributed by atoms with Crippen LogP contribution in [0.5, 0.6) is 5.75 Å². The number of nitrogens with one attached hydrogen (secondary N) is 3. The fourth-order valence-corrected chi connectivity index (χ4v) is 5.81. The summed E-state index contributed by atoms with van der Waals surface area (Å²) < 4.78 is 10.9. The second-order valence-electron chi connectivity index (χ2n) is 11.7. The number of alkyl carbamates (subject to hydrolysis) is 1. The molecule has 0 saturated carbocycles. The van der Waals surface area contributed by atoms with Gasteiger partial charge in [0.05, 0.1) is 6.61 Å². The Morgan fingerprint density at radius 2 is 1.69 bits per heavy atom. The highest BCUT2D eigenvalue weighted by Crippen LogP contribution is 2.34. The summed E-state index contributed by atoms with van der Waals surface area (Å²) in [5.74, 6) is 0.535. The van der Waals surface area contributed by atoms with Gasteiger partial charge in [0.25, 0.3) is 0 Å². The number of nitrogens with zero attached hydrogens (tertiary/aromatic N) is 2. The maximum atomic E-state index is 13.6. The van der Waals surface area contributed by atoms with Crippen molar-refractivity contribution in [1.82, 2.24) is 20.4 Å². The Balaban J connectivity index is 1.22. The van der Waals surface area contributed by atoms with Gasteiger partial charge in [-0.05, 0) is 74.8 Å². The van der Waals surface area contributed by atoms with E-state index >= 15 is 0 Å². The molecule has 1 atom stereocenters. The van der Waals surface area contributed by atoms with Crippen molar-refractivity contribution >= 4 is 29.6 Å². The number of piperidine rings is 1. The smallest absolute Gasteiger partial charge is 0.407 e. The molecular formula is C34H47N5O6. The molecule has 244 valence electrons. The number of benzene rings is 2. The lowest BCUT2D eigenvalue weighted by atomic mass is 9.81. The van der Waals surface area contributed by atoms with E-state index in [1.165, 1.54) is 0 Å². The first-order valence-corrected chi connectivity index (χ1v) is 16.2. The maximum Gasteiger partial charge on any atom is 0.407 e. The zero-order chi connectivity index (χ0) is 32.1. The number of piperazine rings is 1. The average molecular weight is 622 g/mol. The van der Waals surface area contributed by atoms with Crippen LogP contribution in [-0.4, -0.2) is 78.1 Å². The second kappa shape index (κ2) is 16.7. The van der Waals surface area contributed by atoms with E-state index in [1.54, 1.807) is 9.80 Å². The van der Waals surface area contributed by atoms with E-state index in [-0.39, 0.29) is 24.5 Å². The van der Waals surface area contributed by atoms with Gasteiger partial charge in [0.2, 0.25) is 11.8 Å². The van der Waals surface area contributed by atoms with Crippen LogP contribution in [0.1, 0.15) is 70.8 Å². The van der Waals surface area contributed by atoms with Gasteiger partial charge in [-0.15, -0.1) is 0 Å². The van der Waals surface area contributed by atoms with Crippen LogP contribution in [0.3, 0.4) is 0 Å². The predicted octanol–water partition coefficient (Wildman–Crippen LogP) is 5.07. The van der Waals surface area contributed by atoms with Crippen LogP contribution in [0.4, 0.5) is 15.3 Å². The number of urea groups is 1. The summed E-state index contributed by atoms with van der Waals surface area (Å²) in [5, 5.41) is 8.66. The lowest BCUT2D eigenvalue weighted by Gasteiger charge is -2.51. The summed E-state index contributed by atoms with van der Waals surface area (Å²) in [7, 11) is 0. The molecule has 0 bridgehead atoms. The number of anilines is 1. The maximum absolute atomic E-state index is 13.6. The minimum Gasteiger partial charge on any atom is -0.494 e. The molecule has 45 heavy (non-hydrogen) atoms. The van der Waals surface area contributed by atoms with Crippen LogP contribution in [-0.2, 0) is 20.9 Å². The van der Waals surface area contributed by atoms with Gasteiger partial charge in [-0.1, -0.05) is 50.6 Å². The number of hydrogen-bond donors (Lipinski definition) is 3. The largest absolute Gasteiger partial charge is 0.494 e. The van der Waals surface area contributed by atoms with Crippen molar-refractivity contribution in [3.63, 3.8) is 0 Å². The van der Waals surface area contributed by atoms with Crippen molar-refractivity contribution in [3.8, 4) is 5.75 Å². The minimum absolute atomic E-state index is 0.0779. The van der Waals surface area contributed by atoms with E-state index in [0.29, 0.717) is 70.6 Å².